The average Bonchev–Trinajstić information content (AvgIpc) is 2.69. The number of aromatic nitrogens is 2. The minimum Gasteiger partial charge on any atom is -0.355 e. The summed E-state index contributed by atoms with van der Waals surface area (Å²) in [6.45, 7) is 2.92. The van der Waals surface area contributed by atoms with E-state index in [2.05, 4.69) is 10.3 Å². The predicted molar refractivity (Wildman–Crippen MR) is 75.6 cm³/mol. The maximum absolute atomic E-state index is 11.7. The average molecular weight is 263 g/mol. The van der Waals surface area contributed by atoms with Crippen LogP contribution in [0.25, 0.3) is 11.0 Å². The second-order valence-corrected chi connectivity index (χ2v) is 4.86. The van der Waals surface area contributed by atoms with Crippen molar-refractivity contribution in [1.82, 2.24) is 14.9 Å². The zero-order valence-corrected chi connectivity index (χ0v) is 11.5. The van der Waals surface area contributed by atoms with Crippen molar-refractivity contribution in [2.45, 2.75) is 19.2 Å². The Hall–Kier alpha value is -1.49. The Morgan fingerprint density at radius 1 is 1.44 bits per heavy atom. The molecule has 4 nitrogen and oxygen atoms in total. The van der Waals surface area contributed by atoms with Crippen LogP contribution < -0.4 is 5.32 Å². The lowest BCUT2D eigenvalue weighted by Gasteiger charge is -2.08. The van der Waals surface area contributed by atoms with Gasteiger partial charge in [-0.2, -0.15) is 11.8 Å². The van der Waals surface area contributed by atoms with E-state index in [0.717, 1.165) is 22.6 Å². The van der Waals surface area contributed by atoms with E-state index < -0.39 is 0 Å². The Balaban J connectivity index is 2.38. The number of fused-ring (bicyclic) bond motifs is 1. The monoisotopic (exact) mass is 263 g/mol. The molecule has 18 heavy (non-hydrogen) atoms. The Kier molecular flexibility index (Phi) is 4.25. The molecule has 96 valence electrons. The second-order valence-electron chi connectivity index (χ2n) is 3.99. The number of para-hydroxylation sites is 2. The van der Waals surface area contributed by atoms with Crippen molar-refractivity contribution in [2.75, 3.05) is 12.8 Å². The Morgan fingerprint density at radius 2 is 2.22 bits per heavy atom. The summed E-state index contributed by atoms with van der Waals surface area (Å²) in [6, 6.07) is 7.93. The van der Waals surface area contributed by atoms with Crippen molar-refractivity contribution in [2.24, 2.45) is 0 Å². The van der Waals surface area contributed by atoms with Crippen LogP contribution in [0.2, 0.25) is 0 Å². The molecule has 5 heteroatoms. The molecule has 0 saturated heterocycles. The van der Waals surface area contributed by atoms with Gasteiger partial charge in [0.15, 0.2) is 0 Å². The number of nitrogens with one attached hydrogen (secondary N) is 1. The zero-order chi connectivity index (χ0) is 13.0. The largest absolute Gasteiger partial charge is 0.355 e. The molecule has 0 bridgehead atoms. The molecule has 1 amide bonds. The van der Waals surface area contributed by atoms with E-state index in [4.69, 9.17) is 0 Å². The molecule has 0 atom stereocenters. The van der Waals surface area contributed by atoms with E-state index in [1.165, 1.54) is 0 Å². The van der Waals surface area contributed by atoms with E-state index in [0.29, 0.717) is 13.1 Å². The van der Waals surface area contributed by atoms with Crippen LogP contribution in [0.1, 0.15) is 12.7 Å². The topological polar surface area (TPSA) is 46.9 Å². The molecule has 1 aromatic heterocycles. The number of amides is 1. The number of nitrogens with zero attached hydrogens (tertiary/aromatic N) is 2. The highest BCUT2D eigenvalue weighted by Gasteiger charge is 2.12. The molecular weight excluding hydrogens is 246 g/mol. The van der Waals surface area contributed by atoms with Crippen LogP contribution in [0.3, 0.4) is 0 Å². The summed E-state index contributed by atoms with van der Waals surface area (Å²) in [4.78, 5) is 16.3. The number of hydrogen-bond donors (Lipinski definition) is 1. The van der Waals surface area contributed by atoms with Crippen LogP contribution in [-0.2, 0) is 17.1 Å². The predicted octanol–water partition coefficient (Wildman–Crippen LogP) is 2.04. The second kappa shape index (κ2) is 5.91. The van der Waals surface area contributed by atoms with Crippen LogP contribution in [-0.4, -0.2) is 28.3 Å². The summed E-state index contributed by atoms with van der Waals surface area (Å²) in [5.74, 6) is 1.80. The summed E-state index contributed by atoms with van der Waals surface area (Å²) in [5.41, 5.74) is 1.97. The Labute approximate surface area is 111 Å². The molecule has 1 heterocycles. The molecule has 2 aromatic rings. The smallest absolute Gasteiger partial charge is 0.239 e. The van der Waals surface area contributed by atoms with Gasteiger partial charge in [-0.15, -0.1) is 0 Å². The maximum Gasteiger partial charge on any atom is 0.239 e. The zero-order valence-electron chi connectivity index (χ0n) is 10.6. The lowest BCUT2D eigenvalue weighted by Crippen LogP contribution is -2.27. The summed E-state index contributed by atoms with van der Waals surface area (Å²) in [6.07, 6.45) is 2.04. The first-order valence-electron chi connectivity index (χ1n) is 5.96. The van der Waals surface area contributed by atoms with Gasteiger partial charge in [0.2, 0.25) is 5.91 Å². The summed E-state index contributed by atoms with van der Waals surface area (Å²) in [7, 11) is 0. The normalized spacial score (nSPS) is 10.8. The van der Waals surface area contributed by atoms with Gasteiger partial charge in [-0.3, -0.25) is 4.79 Å². The van der Waals surface area contributed by atoms with E-state index in [9.17, 15) is 4.79 Å². The van der Waals surface area contributed by atoms with Crippen molar-refractivity contribution in [1.29, 1.82) is 0 Å². The molecule has 0 spiro atoms. The van der Waals surface area contributed by atoms with Crippen LogP contribution in [0.5, 0.6) is 0 Å². The number of benzene rings is 1. The van der Waals surface area contributed by atoms with Crippen LogP contribution in [0.15, 0.2) is 24.3 Å². The fourth-order valence-corrected chi connectivity index (χ4v) is 2.42. The van der Waals surface area contributed by atoms with Gasteiger partial charge in [-0.05, 0) is 25.3 Å². The number of rotatable bonds is 5. The molecule has 0 aliphatic carbocycles. The van der Waals surface area contributed by atoms with Crippen LogP contribution in [0, 0.1) is 0 Å². The van der Waals surface area contributed by atoms with Crippen molar-refractivity contribution in [3.8, 4) is 0 Å². The number of thioether (sulfide) groups is 1. The number of carbonyl (C=O) groups is 1. The Bertz CT molecular complexity index is 550. The van der Waals surface area contributed by atoms with Gasteiger partial charge in [0.25, 0.3) is 0 Å². The molecule has 0 fully saturated rings. The van der Waals surface area contributed by atoms with Gasteiger partial charge in [0.05, 0.1) is 16.8 Å². The highest BCUT2D eigenvalue weighted by Crippen LogP contribution is 2.18. The van der Waals surface area contributed by atoms with Crippen molar-refractivity contribution in [3.05, 3.63) is 30.1 Å². The first kappa shape index (κ1) is 13.0. The van der Waals surface area contributed by atoms with Crippen molar-refractivity contribution >= 4 is 28.7 Å². The molecule has 0 aliphatic heterocycles. The molecule has 0 unspecified atom stereocenters. The van der Waals surface area contributed by atoms with Gasteiger partial charge in [0.1, 0.15) is 12.4 Å². The highest BCUT2D eigenvalue weighted by molar-refractivity contribution is 7.97. The quantitative estimate of drug-likeness (QED) is 0.898. The SMILES string of the molecule is CCNC(=O)Cn1c(CSC)nc2ccccc21. The Morgan fingerprint density at radius 3 is 2.94 bits per heavy atom. The van der Waals surface area contributed by atoms with E-state index in [1.807, 2.05) is 42.0 Å². The molecule has 1 N–H and O–H groups in total. The third-order valence-electron chi connectivity index (χ3n) is 2.68. The van der Waals surface area contributed by atoms with E-state index in [-0.39, 0.29) is 5.91 Å². The fraction of sp³-hybridized carbons (Fsp3) is 0.385. The number of imidazole rings is 1. The third-order valence-corrected chi connectivity index (χ3v) is 3.23. The summed E-state index contributed by atoms with van der Waals surface area (Å²) >= 11 is 1.71. The first-order chi connectivity index (χ1) is 8.76. The fourth-order valence-electron chi connectivity index (χ4n) is 1.94. The van der Waals surface area contributed by atoms with Crippen LogP contribution in [0.4, 0.5) is 0 Å². The maximum atomic E-state index is 11.7. The minimum atomic E-state index is 0.0306. The number of likely N-dealkylation sites (N-methyl/N-ethyl adjacent to an activating group) is 1. The lowest BCUT2D eigenvalue weighted by atomic mass is 10.3. The molecule has 2 rings (SSSR count). The summed E-state index contributed by atoms with van der Waals surface area (Å²) in [5, 5.41) is 2.82. The summed E-state index contributed by atoms with van der Waals surface area (Å²) < 4.78 is 2.00. The molecule has 0 aliphatic rings. The van der Waals surface area contributed by atoms with Gasteiger partial charge in [-0.25, -0.2) is 4.98 Å². The van der Waals surface area contributed by atoms with Gasteiger partial charge >= 0.3 is 0 Å². The molecular formula is C13H17N3OS. The van der Waals surface area contributed by atoms with Crippen LogP contribution >= 0.6 is 11.8 Å². The van der Waals surface area contributed by atoms with E-state index in [1.54, 1.807) is 11.8 Å². The molecule has 1 aromatic carbocycles. The standard InChI is InChI=1S/C13H17N3OS/c1-3-14-13(17)8-16-11-7-5-4-6-10(11)15-12(16)9-18-2/h4-7H,3,8-9H2,1-2H3,(H,14,17). The third kappa shape index (κ3) is 2.67. The molecule has 0 radical (unpaired) electrons. The lowest BCUT2D eigenvalue weighted by molar-refractivity contribution is -0.121. The minimum absolute atomic E-state index is 0.0306. The van der Waals surface area contributed by atoms with E-state index >= 15 is 0 Å². The molecule has 0 saturated carbocycles. The van der Waals surface area contributed by atoms with Crippen molar-refractivity contribution < 1.29 is 4.79 Å². The van der Waals surface area contributed by atoms with Gasteiger partial charge in [-0.1, -0.05) is 12.1 Å². The number of hydrogen-bond acceptors (Lipinski definition) is 3. The number of carbonyl (C=O) groups excluding carboxylic acids is 1. The van der Waals surface area contributed by atoms with Crippen molar-refractivity contribution in [3.63, 3.8) is 0 Å². The first-order valence-corrected chi connectivity index (χ1v) is 7.35. The van der Waals surface area contributed by atoms with Gasteiger partial charge in [0, 0.05) is 6.54 Å². The van der Waals surface area contributed by atoms with Gasteiger partial charge < -0.3 is 9.88 Å². The highest BCUT2D eigenvalue weighted by atomic mass is 32.2.